The number of amides is 2. The lowest BCUT2D eigenvalue weighted by Crippen LogP contribution is -2.49. The van der Waals surface area contributed by atoms with E-state index in [0.29, 0.717) is 29.8 Å². The van der Waals surface area contributed by atoms with E-state index < -0.39 is 0 Å². The molecule has 2 amide bonds. The van der Waals surface area contributed by atoms with Crippen LogP contribution in [0.4, 0.5) is 10.6 Å². The van der Waals surface area contributed by atoms with E-state index in [4.69, 9.17) is 17.0 Å². The second kappa shape index (κ2) is 10.9. The van der Waals surface area contributed by atoms with Crippen LogP contribution in [0.15, 0.2) is 42.9 Å². The molecular weight excluding hydrogens is 452 g/mol. The van der Waals surface area contributed by atoms with Crippen molar-refractivity contribution in [2.24, 2.45) is 5.92 Å². The molecule has 10 heteroatoms. The first-order chi connectivity index (χ1) is 16.4. The van der Waals surface area contributed by atoms with Gasteiger partial charge in [0.1, 0.15) is 11.9 Å². The number of piperazine rings is 1. The van der Waals surface area contributed by atoms with E-state index in [1.54, 1.807) is 23.2 Å². The van der Waals surface area contributed by atoms with Crippen molar-refractivity contribution in [3.63, 3.8) is 0 Å². The Morgan fingerprint density at radius 3 is 2.62 bits per heavy atom. The summed E-state index contributed by atoms with van der Waals surface area (Å²) in [5.41, 5.74) is 1.25. The molecule has 0 bridgehead atoms. The van der Waals surface area contributed by atoms with Gasteiger partial charge in [-0.25, -0.2) is 14.7 Å². The Labute approximate surface area is 205 Å². The Morgan fingerprint density at radius 2 is 2.00 bits per heavy atom. The van der Waals surface area contributed by atoms with Crippen LogP contribution in [0, 0.1) is 5.92 Å². The summed E-state index contributed by atoms with van der Waals surface area (Å²) in [6.45, 7) is 7.79. The maximum Gasteiger partial charge on any atom is 0.415 e. The quantitative estimate of drug-likeness (QED) is 0.602. The zero-order valence-corrected chi connectivity index (χ0v) is 20.3. The third-order valence-electron chi connectivity index (χ3n) is 6.08. The van der Waals surface area contributed by atoms with E-state index >= 15 is 0 Å². The fraction of sp³-hybridized carbons (Fsp3) is 0.458. The number of thiocarbonyl (C=S) groups is 1. The SMILES string of the molecule is CC(C)C1NC(=S)N(c2ccc(OC(=O)N3CCN(CCCc4cccnc4)CC3)cn2)C1=O. The normalized spacial score (nSPS) is 19.0. The number of ether oxygens (including phenoxy) is 1. The molecule has 2 aromatic heterocycles. The average molecular weight is 483 g/mol. The summed E-state index contributed by atoms with van der Waals surface area (Å²) in [4.78, 5) is 39.1. The fourth-order valence-electron chi connectivity index (χ4n) is 4.10. The minimum atomic E-state index is -0.390. The Morgan fingerprint density at radius 1 is 1.21 bits per heavy atom. The molecule has 2 aliphatic rings. The number of hydrogen-bond acceptors (Lipinski definition) is 7. The fourth-order valence-corrected chi connectivity index (χ4v) is 4.42. The number of nitrogens with zero attached hydrogens (tertiary/aromatic N) is 5. The van der Waals surface area contributed by atoms with E-state index in [1.807, 2.05) is 26.1 Å². The highest BCUT2D eigenvalue weighted by Gasteiger charge is 2.38. The minimum Gasteiger partial charge on any atom is -0.409 e. The van der Waals surface area contributed by atoms with Gasteiger partial charge in [-0.3, -0.25) is 14.7 Å². The van der Waals surface area contributed by atoms with Crippen molar-refractivity contribution in [2.45, 2.75) is 32.7 Å². The van der Waals surface area contributed by atoms with Crippen molar-refractivity contribution in [1.29, 1.82) is 0 Å². The number of aryl methyl sites for hydroxylation is 1. The molecule has 2 saturated heterocycles. The van der Waals surface area contributed by atoms with Crippen molar-refractivity contribution in [3.05, 3.63) is 48.4 Å². The number of carbonyl (C=O) groups excluding carboxylic acids is 2. The van der Waals surface area contributed by atoms with Crippen LogP contribution in [0.1, 0.15) is 25.8 Å². The summed E-state index contributed by atoms with van der Waals surface area (Å²) in [5, 5.41) is 3.37. The van der Waals surface area contributed by atoms with Gasteiger partial charge in [0.2, 0.25) is 0 Å². The third-order valence-corrected chi connectivity index (χ3v) is 6.38. The van der Waals surface area contributed by atoms with Gasteiger partial charge in [-0.1, -0.05) is 19.9 Å². The molecule has 1 unspecified atom stereocenters. The minimum absolute atomic E-state index is 0.109. The van der Waals surface area contributed by atoms with Crippen LogP contribution in [0.25, 0.3) is 0 Å². The smallest absolute Gasteiger partial charge is 0.409 e. The van der Waals surface area contributed by atoms with Crippen LogP contribution in [-0.2, 0) is 11.2 Å². The van der Waals surface area contributed by atoms with Crippen LogP contribution in [0.3, 0.4) is 0 Å². The molecule has 1 N–H and O–H groups in total. The first kappa shape index (κ1) is 24.0. The van der Waals surface area contributed by atoms with Crippen molar-refractivity contribution < 1.29 is 14.3 Å². The van der Waals surface area contributed by atoms with Crippen molar-refractivity contribution >= 4 is 35.1 Å². The second-order valence-corrected chi connectivity index (χ2v) is 9.25. The third kappa shape index (κ3) is 5.68. The molecule has 0 aromatic carbocycles. The lowest BCUT2D eigenvalue weighted by atomic mass is 10.1. The van der Waals surface area contributed by atoms with Gasteiger partial charge < -0.3 is 15.0 Å². The Hall–Kier alpha value is -3.11. The molecule has 2 aromatic rings. The van der Waals surface area contributed by atoms with Gasteiger partial charge in [-0.15, -0.1) is 0 Å². The number of rotatable bonds is 7. The second-order valence-electron chi connectivity index (χ2n) is 8.86. The standard InChI is InChI=1S/C24H30N6O3S/c1-17(2)21-22(31)30(23(34)27-21)20-8-7-19(16-26-20)33-24(32)29-13-11-28(12-14-29)10-4-6-18-5-3-9-25-15-18/h3,5,7-9,15-17,21H,4,6,10-14H2,1-2H3,(H,27,34). The summed E-state index contributed by atoms with van der Waals surface area (Å²) in [7, 11) is 0. The van der Waals surface area contributed by atoms with Crippen LogP contribution < -0.4 is 15.0 Å². The predicted molar refractivity (Wildman–Crippen MR) is 133 cm³/mol. The molecule has 0 saturated carbocycles. The maximum atomic E-state index is 12.6. The van der Waals surface area contributed by atoms with E-state index in [9.17, 15) is 9.59 Å². The van der Waals surface area contributed by atoms with Crippen LogP contribution in [0.2, 0.25) is 0 Å². The summed E-state index contributed by atoms with van der Waals surface area (Å²) < 4.78 is 5.51. The molecular formula is C24H30N6O3S. The van der Waals surface area contributed by atoms with Crippen molar-refractivity contribution in [1.82, 2.24) is 25.1 Å². The molecule has 2 aliphatic heterocycles. The molecule has 4 heterocycles. The highest BCUT2D eigenvalue weighted by atomic mass is 32.1. The van der Waals surface area contributed by atoms with Crippen molar-refractivity contribution in [3.8, 4) is 5.75 Å². The first-order valence-corrected chi connectivity index (χ1v) is 12.0. The molecule has 180 valence electrons. The number of hydrogen-bond donors (Lipinski definition) is 1. The molecule has 1 atom stereocenters. The van der Waals surface area contributed by atoms with E-state index in [1.165, 1.54) is 16.7 Å². The average Bonchev–Trinajstić information content (AvgIpc) is 3.15. The van der Waals surface area contributed by atoms with E-state index in [-0.39, 0.29) is 24.0 Å². The van der Waals surface area contributed by atoms with Crippen molar-refractivity contribution in [2.75, 3.05) is 37.6 Å². The number of anilines is 1. The van der Waals surface area contributed by atoms with Crippen LogP contribution in [-0.4, -0.2) is 75.6 Å². The number of aromatic nitrogens is 2. The number of pyridine rings is 2. The zero-order valence-electron chi connectivity index (χ0n) is 19.5. The highest BCUT2D eigenvalue weighted by molar-refractivity contribution is 7.80. The van der Waals surface area contributed by atoms with Gasteiger partial charge in [-0.2, -0.15) is 0 Å². The van der Waals surface area contributed by atoms with Crippen LogP contribution in [0.5, 0.6) is 5.75 Å². The largest absolute Gasteiger partial charge is 0.415 e. The van der Waals surface area contributed by atoms with Gasteiger partial charge in [0, 0.05) is 38.6 Å². The van der Waals surface area contributed by atoms with Gasteiger partial charge >= 0.3 is 6.09 Å². The Kier molecular flexibility index (Phi) is 7.69. The number of carbonyl (C=O) groups is 2. The Bertz CT molecular complexity index is 1010. The van der Waals surface area contributed by atoms with Gasteiger partial charge in [0.15, 0.2) is 10.9 Å². The molecule has 2 fully saturated rings. The topological polar surface area (TPSA) is 90.9 Å². The van der Waals surface area contributed by atoms with E-state index in [0.717, 1.165) is 32.5 Å². The molecule has 0 aliphatic carbocycles. The van der Waals surface area contributed by atoms with Gasteiger partial charge in [0.25, 0.3) is 5.91 Å². The first-order valence-electron chi connectivity index (χ1n) is 11.6. The molecule has 4 rings (SSSR count). The monoisotopic (exact) mass is 482 g/mol. The molecule has 34 heavy (non-hydrogen) atoms. The lowest BCUT2D eigenvalue weighted by molar-refractivity contribution is -0.119. The van der Waals surface area contributed by atoms with Crippen LogP contribution >= 0.6 is 12.2 Å². The highest BCUT2D eigenvalue weighted by Crippen LogP contribution is 2.23. The zero-order chi connectivity index (χ0) is 24.1. The van der Waals surface area contributed by atoms with Gasteiger partial charge in [0.05, 0.1) is 6.20 Å². The predicted octanol–water partition coefficient (Wildman–Crippen LogP) is 2.47. The van der Waals surface area contributed by atoms with E-state index in [2.05, 4.69) is 26.3 Å². The maximum absolute atomic E-state index is 12.6. The number of nitrogens with one attached hydrogen (secondary N) is 1. The molecule has 0 spiro atoms. The summed E-state index contributed by atoms with van der Waals surface area (Å²) in [5.74, 6) is 0.719. The Balaban J connectivity index is 1.23. The summed E-state index contributed by atoms with van der Waals surface area (Å²) in [6.07, 6.45) is 6.81. The molecule has 0 radical (unpaired) electrons. The summed E-state index contributed by atoms with van der Waals surface area (Å²) >= 11 is 5.30. The lowest BCUT2D eigenvalue weighted by Gasteiger charge is -2.34. The van der Waals surface area contributed by atoms with Gasteiger partial charge in [-0.05, 0) is 61.3 Å². The summed E-state index contributed by atoms with van der Waals surface area (Å²) in [6, 6.07) is 6.97. The molecule has 9 nitrogen and oxygen atoms in total.